The summed E-state index contributed by atoms with van der Waals surface area (Å²) in [7, 11) is 0. The van der Waals surface area contributed by atoms with Crippen molar-refractivity contribution >= 4 is 43.9 Å². The molecule has 0 radical (unpaired) electrons. The molecule has 3 heterocycles. The van der Waals surface area contributed by atoms with E-state index in [1.54, 1.807) is 0 Å². The van der Waals surface area contributed by atoms with Crippen LogP contribution in [0.2, 0.25) is 0 Å². The Morgan fingerprint density at radius 2 is 1.13 bits per heavy atom. The van der Waals surface area contributed by atoms with Crippen molar-refractivity contribution in [1.82, 2.24) is 9.55 Å². The molecule has 0 amide bonds. The summed E-state index contributed by atoms with van der Waals surface area (Å²) in [5.41, 5.74) is 10.9. The molecule has 0 aliphatic rings. The molecular formula is C35H22N2O. The van der Waals surface area contributed by atoms with E-state index in [4.69, 9.17) is 4.42 Å². The van der Waals surface area contributed by atoms with Gasteiger partial charge in [-0.1, -0.05) is 78.9 Å². The van der Waals surface area contributed by atoms with E-state index >= 15 is 0 Å². The molecule has 8 rings (SSSR count). The second-order valence-corrected chi connectivity index (χ2v) is 9.66. The first-order valence-corrected chi connectivity index (χ1v) is 12.8. The largest absolute Gasteiger partial charge is 0.454 e. The molecule has 0 atom stereocenters. The van der Waals surface area contributed by atoms with Gasteiger partial charge in [-0.25, -0.2) is 0 Å². The van der Waals surface area contributed by atoms with Crippen LogP contribution in [-0.2, 0) is 0 Å². The minimum absolute atomic E-state index is 0.818. The van der Waals surface area contributed by atoms with E-state index in [2.05, 4.69) is 119 Å². The van der Waals surface area contributed by atoms with Gasteiger partial charge >= 0.3 is 0 Å². The maximum Gasteiger partial charge on any atom is 0.153 e. The Hall–Kier alpha value is -5.15. The van der Waals surface area contributed by atoms with Crippen LogP contribution in [0.5, 0.6) is 0 Å². The molecule has 0 fully saturated rings. The fraction of sp³-hybridized carbons (Fsp3) is 0. The fourth-order valence-electron chi connectivity index (χ4n) is 5.66. The van der Waals surface area contributed by atoms with Gasteiger partial charge in [-0.05, 0) is 70.8 Å². The first-order valence-electron chi connectivity index (χ1n) is 12.8. The van der Waals surface area contributed by atoms with Crippen molar-refractivity contribution in [3.63, 3.8) is 0 Å². The summed E-state index contributed by atoms with van der Waals surface area (Å²) < 4.78 is 8.31. The van der Waals surface area contributed by atoms with Gasteiger partial charge in [0.05, 0.1) is 11.0 Å². The predicted octanol–water partition coefficient (Wildman–Crippen LogP) is 9.41. The lowest BCUT2D eigenvalue weighted by atomic mass is 9.99. The van der Waals surface area contributed by atoms with Gasteiger partial charge < -0.3 is 8.98 Å². The number of hydrogen-bond acceptors (Lipinski definition) is 2. The summed E-state index contributed by atoms with van der Waals surface area (Å²) in [6.07, 6.45) is 1.81. The first-order chi connectivity index (χ1) is 18.8. The number of nitrogens with zero attached hydrogens (tertiary/aromatic N) is 2. The minimum Gasteiger partial charge on any atom is -0.454 e. The summed E-state index contributed by atoms with van der Waals surface area (Å²) in [6.45, 7) is 0. The van der Waals surface area contributed by atoms with E-state index in [1.165, 1.54) is 38.5 Å². The summed E-state index contributed by atoms with van der Waals surface area (Å²) in [5, 5.41) is 3.59. The number of fused-ring (bicyclic) bond motifs is 6. The van der Waals surface area contributed by atoms with Crippen LogP contribution >= 0.6 is 0 Å². The first kappa shape index (κ1) is 21.0. The van der Waals surface area contributed by atoms with Crippen LogP contribution in [0.1, 0.15) is 0 Å². The molecular weight excluding hydrogens is 464 g/mol. The molecule has 0 unspecified atom stereocenters. The molecule has 0 N–H and O–H groups in total. The molecule has 178 valence electrons. The smallest absolute Gasteiger partial charge is 0.153 e. The van der Waals surface area contributed by atoms with Crippen molar-refractivity contribution in [2.75, 3.05) is 0 Å². The SMILES string of the molecule is c1cc(-c2ccc(-c3ccc4oc5cccnc5c4c3)cc2)cc(-n2c3ccccc3c3ccccc32)c1. The predicted molar refractivity (Wildman–Crippen MR) is 157 cm³/mol. The second kappa shape index (κ2) is 8.19. The maximum atomic E-state index is 5.95. The van der Waals surface area contributed by atoms with Crippen LogP contribution in [0.15, 0.2) is 138 Å². The standard InChI is InChI=1S/C35H22N2O/c1-3-11-31-28(9-1)29-10-2-4-12-32(29)37(31)27-8-5-7-25(21-27)23-14-16-24(17-15-23)26-18-19-33-30(22-26)35-34(38-33)13-6-20-36-35/h1-22H. The van der Waals surface area contributed by atoms with E-state index in [1.807, 2.05) is 24.4 Å². The molecule has 38 heavy (non-hydrogen) atoms. The van der Waals surface area contributed by atoms with Crippen LogP contribution in [0.25, 0.3) is 71.8 Å². The van der Waals surface area contributed by atoms with Crippen molar-refractivity contribution in [2.45, 2.75) is 0 Å². The number of pyridine rings is 1. The molecule has 0 saturated heterocycles. The third-order valence-electron chi connectivity index (χ3n) is 7.46. The quantitative estimate of drug-likeness (QED) is 0.249. The summed E-state index contributed by atoms with van der Waals surface area (Å²) in [5.74, 6) is 0. The molecule has 8 aromatic rings. The van der Waals surface area contributed by atoms with Gasteiger partial charge in [-0.3, -0.25) is 4.98 Å². The summed E-state index contributed by atoms with van der Waals surface area (Å²) >= 11 is 0. The molecule has 0 aliphatic heterocycles. The highest BCUT2D eigenvalue weighted by molar-refractivity contribution is 6.09. The van der Waals surface area contributed by atoms with Gasteiger partial charge in [0.2, 0.25) is 0 Å². The lowest BCUT2D eigenvalue weighted by molar-refractivity contribution is 0.668. The zero-order chi connectivity index (χ0) is 25.1. The number of furan rings is 1. The van der Waals surface area contributed by atoms with Gasteiger partial charge in [0.15, 0.2) is 5.58 Å². The third-order valence-corrected chi connectivity index (χ3v) is 7.46. The number of para-hydroxylation sites is 2. The van der Waals surface area contributed by atoms with Crippen LogP contribution in [0, 0.1) is 0 Å². The highest BCUT2D eigenvalue weighted by Gasteiger charge is 2.13. The molecule has 5 aromatic carbocycles. The van der Waals surface area contributed by atoms with Crippen LogP contribution < -0.4 is 0 Å². The lowest BCUT2D eigenvalue weighted by Crippen LogP contribution is -1.94. The summed E-state index contributed by atoms with van der Waals surface area (Å²) in [6, 6.07) is 45.0. The Morgan fingerprint density at radius 1 is 0.474 bits per heavy atom. The number of aromatic nitrogens is 2. The van der Waals surface area contributed by atoms with E-state index in [9.17, 15) is 0 Å². The van der Waals surface area contributed by atoms with Crippen LogP contribution in [-0.4, -0.2) is 9.55 Å². The Morgan fingerprint density at radius 3 is 1.87 bits per heavy atom. The number of benzene rings is 5. The van der Waals surface area contributed by atoms with Crippen molar-refractivity contribution in [1.29, 1.82) is 0 Å². The monoisotopic (exact) mass is 486 g/mol. The fourth-order valence-corrected chi connectivity index (χ4v) is 5.66. The molecule has 0 saturated carbocycles. The molecule has 3 heteroatoms. The number of rotatable bonds is 3. The van der Waals surface area contributed by atoms with E-state index in [-0.39, 0.29) is 0 Å². The zero-order valence-corrected chi connectivity index (χ0v) is 20.5. The Kier molecular flexibility index (Phi) is 4.52. The molecule has 0 spiro atoms. The molecule has 3 nitrogen and oxygen atoms in total. The van der Waals surface area contributed by atoms with Crippen molar-refractivity contribution in [3.8, 4) is 27.9 Å². The molecule has 0 aliphatic carbocycles. The average Bonchev–Trinajstić information content (AvgIpc) is 3.53. The van der Waals surface area contributed by atoms with E-state index in [0.29, 0.717) is 0 Å². The van der Waals surface area contributed by atoms with Gasteiger partial charge in [-0.2, -0.15) is 0 Å². The van der Waals surface area contributed by atoms with Gasteiger partial charge in [-0.15, -0.1) is 0 Å². The van der Waals surface area contributed by atoms with E-state index < -0.39 is 0 Å². The second-order valence-electron chi connectivity index (χ2n) is 9.66. The van der Waals surface area contributed by atoms with Gasteiger partial charge in [0.25, 0.3) is 0 Å². The molecule has 0 bridgehead atoms. The van der Waals surface area contributed by atoms with Crippen molar-refractivity contribution in [2.24, 2.45) is 0 Å². The minimum atomic E-state index is 0.818. The van der Waals surface area contributed by atoms with Crippen LogP contribution in [0.4, 0.5) is 0 Å². The van der Waals surface area contributed by atoms with Gasteiger partial charge in [0, 0.05) is 28.0 Å². The molecule has 3 aromatic heterocycles. The van der Waals surface area contributed by atoms with Crippen molar-refractivity contribution < 1.29 is 4.42 Å². The highest BCUT2D eigenvalue weighted by atomic mass is 16.3. The third kappa shape index (κ3) is 3.19. The van der Waals surface area contributed by atoms with Crippen LogP contribution in [0.3, 0.4) is 0 Å². The summed E-state index contributed by atoms with van der Waals surface area (Å²) in [4.78, 5) is 4.53. The zero-order valence-electron chi connectivity index (χ0n) is 20.5. The highest BCUT2D eigenvalue weighted by Crippen LogP contribution is 2.35. The van der Waals surface area contributed by atoms with Gasteiger partial charge in [0.1, 0.15) is 11.1 Å². The van der Waals surface area contributed by atoms with Crippen molar-refractivity contribution in [3.05, 3.63) is 134 Å². The topological polar surface area (TPSA) is 31.0 Å². The maximum absolute atomic E-state index is 5.95. The lowest BCUT2D eigenvalue weighted by Gasteiger charge is -2.11. The normalized spacial score (nSPS) is 11.7. The Balaban J connectivity index is 1.20. The van der Waals surface area contributed by atoms with E-state index in [0.717, 1.165) is 33.3 Å². The Bertz CT molecular complexity index is 2080. The Labute approximate surface area is 219 Å². The number of hydrogen-bond donors (Lipinski definition) is 0. The average molecular weight is 487 g/mol.